The maximum atomic E-state index is 6.00. The Hall–Kier alpha value is -3.46. The average Bonchev–Trinajstić information content (AvgIpc) is 3.36. The first-order valence-electron chi connectivity index (χ1n) is 8.25. The lowest BCUT2D eigenvalue weighted by Crippen LogP contribution is -2.03. The first-order valence-corrected chi connectivity index (χ1v) is 8.62. The molecule has 0 radical (unpaired) electrons. The van der Waals surface area contributed by atoms with E-state index in [1.54, 1.807) is 32.1 Å². The van der Waals surface area contributed by atoms with Gasteiger partial charge in [0.2, 0.25) is 17.0 Å². The molecule has 144 valence electrons. The second-order valence-electron chi connectivity index (χ2n) is 5.73. The number of ether oxygens (including phenoxy) is 3. The molecule has 28 heavy (non-hydrogen) atoms. The summed E-state index contributed by atoms with van der Waals surface area (Å²) in [4.78, 5) is 12.8. The molecular weight excluding hydrogens is 384 g/mol. The zero-order chi connectivity index (χ0) is 19.7. The molecule has 9 nitrogen and oxygen atoms in total. The highest BCUT2D eigenvalue weighted by Crippen LogP contribution is 2.39. The Bertz CT molecular complexity index is 1110. The van der Waals surface area contributed by atoms with E-state index in [2.05, 4.69) is 20.3 Å². The summed E-state index contributed by atoms with van der Waals surface area (Å²) in [5.41, 5.74) is 1.48. The Morgan fingerprint density at radius 1 is 1.04 bits per heavy atom. The topological polar surface area (TPSA) is 87.7 Å². The lowest BCUT2D eigenvalue weighted by atomic mass is 10.2. The van der Waals surface area contributed by atoms with Gasteiger partial charge < -0.3 is 24.1 Å². The highest BCUT2D eigenvalue weighted by molar-refractivity contribution is 6.28. The van der Waals surface area contributed by atoms with Crippen LogP contribution >= 0.6 is 11.6 Å². The van der Waals surface area contributed by atoms with Crippen molar-refractivity contribution < 1.29 is 14.2 Å². The molecule has 0 saturated carbocycles. The molecule has 0 aliphatic heterocycles. The van der Waals surface area contributed by atoms with Gasteiger partial charge in [-0.1, -0.05) is 0 Å². The third-order valence-electron chi connectivity index (χ3n) is 4.13. The number of aromatic nitrogens is 5. The van der Waals surface area contributed by atoms with E-state index in [4.69, 9.17) is 25.8 Å². The number of anilines is 2. The van der Waals surface area contributed by atoms with Crippen LogP contribution in [0.3, 0.4) is 0 Å². The lowest BCUT2D eigenvalue weighted by Gasteiger charge is -2.14. The SMILES string of the molecule is COc1cc(-n2cnc(Nc3nc(Cl)nc4cccn34)c2)cc(OC)c1OC. The van der Waals surface area contributed by atoms with E-state index >= 15 is 0 Å². The van der Waals surface area contributed by atoms with Crippen molar-refractivity contribution in [2.45, 2.75) is 0 Å². The number of methoxy groups -OCH3 is 3. The van der Waals surface area contributed by atoms with Crippen LogP contribution in [0, 0.1) is 0 Å². The smallest absolute Gasteiger partial charge is 0.227 e. The van der Waals surface area contributed by atoms with Gasteiger partial charge in [0.15, 0.2) is 17.3 Å². The van der Waals surface area contributed by atoms with Gasteiger partial charge in [0.1, 0.15) is 12.0 Å². The van der Waals surface area contributed by atoms with Gasteiger partial charge in [0, 0.05) is 18.3 Å². The predicted molar refractivity (Wildman–Crippen MR) is 104 cm³/mol. The van der Waals surface area contributed by atoms with E-state index < -0.39 is 0 Å². The van der Waals surface area contributed by atoms with Crippen LogP contribution < -0.4 is 19.5 Å². The molecule has 4 rings (SSSR count). The monoisotopic (exact) mass is 400 g/mol. The van der Waals surface area contributed by atoms with Crippen LogP contribution in [0.15, 0.2) is 43.0 Å². The van der Waals surface area contributed by atoms with Gasteiger partial charge in [-0.15, -0.1) is 0 Å². The summed E-state index contributed by atoms with van der Waals surface area (Å²) in [6.45, 7) is 0. The van der Waals surface area contributed by atoms with Crippen molar-refractivity contribution in [2.75, 3.05) is 26.6 Å². The van der Waals surface area contributed by atoms with Gasteiger partial charge in [-0.2, -0.15) is 9.97 Å². The van der Waals surface area contributed by atoms with E-state index in [9.17, 15) is 0 Å². The first-order chi connectivity index (χ1) is 13.6. The minimum Gasteiger partial charge on any atom is -0.493 e. The molecule has 1 aromatic carbocycles. The van der Waals surface area contributed by atoms with Crippen molar-refractivity contribution in [3.63, 3.8) is 0 Å². The van der Waals surface area contributed by atoms with Gasteiger partial charge in [0.25, 0.3) is 0 Å². The number of halogens is 1. The predicted octanol–water partition coefficient (Wildman–Crippen LogP) is 3.34. The largest absolute Gasteiger partial charge is 0.493 e. The highest BCUT2D eigenvalue weighted by Gasteiger charge is 2.15. The summed E-state index contributed by atoms with van der Waals surface area (Å²) in [6, 6.07) is 7.37. The van der Waals surface area contributed by atoms with Crippen molar-refractivity contribution in [1.82, 2.24) is 23.9 Å². The third kappa shape index (κ3) is 3.16. The summed E-state index contributed by atoms with van der Waals surface area (Å²) in [6.07, 6.45) is 5.31. The highest BCUT2D eigenvalue weighted by atomic mass is 35.5. The Morgan fingerprint density at radius 2 is 1.79 bits per heavy atom. The van der Waals surface area contributed by atoms with Crippen LogP contribution in [-0.4, -0.2) is 45.2 Å². The summed E-state index contributed by atoms with van der Waals surface area (Å²) < 4.78 is 19.8. The van der Waals surface area contributed by atoms with Gasteiger partial charge in [-0.25, -0.2) is 4.98 Å². The van der Waals surface area contributed by atoms with E-state index in [-0.39, 0.29) is 5.28 Å². The minimum atomic E-state index is 0.151. The Labute approximate surface area is 165 Å². The van der Waals surface area contributed by atoms with Gasteiger partial charge in [0.05, 0.1) is 33.2 Å². The van der Waals surface area contributed by atoms with E-state index in [0.29, 0.717) is 34.7 Å². The zero-order valence-corrected chi connectivity index (χ0v) is 16.1. The van der Waals surface area contributed by atoms with E-state index in [1.165, 1.54) is 0 Å². The second kappa shape index (κ2) is 7.28. The van der Waals surface area contributed by atoms with Crippen molar-refractivity contribution >= 4 is 29.0 Å². The van der Waals surface area contributed by atoms with Crippen molar-refractivity contribution in [1.29, 1.82) is 0 Å². The molecule has 0 saturated heterocycles. The molecule has 0 unspecified atom stereocenters. The molecule has 0 atom stereocenters. The molecule has 10 heteroatoms. The van der Waals surface area contributed by atoms with Crippen LogP contribution in [0.2, 0.25) is 5.28 Å². The number of benzene rings is 1. The number of fused-ring (bicyclic) bond motifs is 1. The Morgan fingerprint density at radius 3 is 2.46 bits per heavy atom. The molecule has 4 aromatic rings. The van der Waals surface area contributed by atoms with Crippen LogP contribution in [0.4, 0.5) is 11.8 Å². The third-order valence-corrected chi connectivity index (χ3v) is 4.30. The average molecular weight is 401 g/mol. The van der Waals surface area contributed by atoms with Crippen LogP contribution in [-0.2, 0) is 0 Å². The van der Waals surface area contributed by atoms with Gasteiger partial charge >= 0.3 is 0 Å². The van der Waals surface area contributed by atoms with E-state index in [1.807, 2.05) is 41.2 Å². The van der Waals surface area contributed by atoms with Gasteiger partial charge in [-0.3, -0.25) is 4.40 Å². The second-order valence-corrected chi connectivity index (χ2v) is 6.07. The van der Waals surface area contributed by atoms with Gasteiger partial charge in [-0.05, 0) is 23.7 Å². The molecule has 0 bridgehead atoms. The fourth-order valence-electron chi connectivity index (χ4n) is 2.85. The minimum absolute atomic E-state index is 0.151. The number of nitrogens with zero attached hydrogens (tertiary/aromatic N) is 5. The van der Waals surface area contributed by atoms with Crippen molar-refractivity contribution in [3.05, 3.63) is 48.3 Å². The summed E-state index contributed by atoms with van der Waals surface area (Å²) in [5, 5.41) is 3.30. The molecule has 1 N–H and O–H groups in total. The number of hydrogen-bond donors (Lipinski definition) is 1. The molecule has 0 aliphatic rings. The van der Waals surface area contributed by atoms with Crippen LogP contribution in [0.5, 0.6) is 17.2 Å². The zero-order valence-electron chi connectivity index (χ0n) is 15.4. The number of rotatable bonds is 6. The lowest BCUT2D eigenvalue weighted by molar-refractivity contribution is 0.324. The Balaban J connectivity index is 1.69. The molecule has 0 amide bonds. The molecular formula is C18H17ClN6O3. The summed E-state index contributed by atoms with van der Waals surface area (Å²) in [5.74, 6) is 2.72. The van der Waals surface area contributed by atoms with Crippen molar-refractivity contribution in [3.8, 4) is 22.9 Å². The fraction of sp³-hybridized carbons (Fsp3) is 0.167. The van der Waals surface area contributed by atoms with Crippen molar-refractivity contribution in [2.24, 2.45) is 0 Å². The number of hydrogen-bond acceptors (Lipinski definition) is 7. The first kappa shape index (κ1) is 17.9. The quantitative estimate of drug-likeness (QED) is 0.531. The normalized spacial score (nSPS) is 10.9. The summed E-state index contributed by atoms with van der Waals surface area (Å²) in [7, 11) is 4.71. The molecule has 3 aromatic heterocycles. The van der Waals surface area contributed by atoms with E-state index in [0.717, 1.165) is 5.69 Å². The summed E-state index contributed by atoms with van der Waals surface area (Å²) >= 11 is 6.00. The molecule has 0 spiro atoms. The van der Waals surface area contributed by atoms with Crippen LogP contribution in [0.1, 0.15) is 0 Å². The Kier molecular flexibility index (Phi) is 4.66. The standard InChI is InChI=1S/C18H17ClN6O3/c1-26-12-7-11(8-13(27-2)16(12)28-3)24-9-14(20-10-24)21-18-23-17(19)22-15-5-4-6-25(15)18/h4-10H,1-3H3,(H,21,22,23). The number of imidazole rings is 1. The molecule has 0 fully saturated rings. The maximum Gasteiger partial charge on any atom is 0.227 e. The number of nitrogens with one attached hydrogen (secondary N) is 1. The maximum absolute atomic E-state index is 6.00. The molecule has 3 heterocycles. The van der Waals surface area contributed by atoms with Crippen LogP contribution in [0.25, 0.3) is 11.3 Å². The molecule has 0 aliphatic carbocycles. The fourth-order valence-corrected chi connectivity index (χ4v) is 3.02.